The molecule has 2 heterocycles. The van der Waals surface area contributed by atoms with Gasteiger partial charge in [-0.3, -0.25) is 4.79 Å². The van der Waals surface area contributed by atoms with E-state index in [-0.39, 0.29) is 5.91 Å². The Morgan fingerprint density at radius 1 is 1.10 bits per heavy atom. The zero-order chi connectivity index (χ0) is 22.0. The summed E-state index contributed by atoms with van der Waals surface area (Å²) in [5.74, 6) is 3.77. The molecule has 0 aromatic heterocycles. The van der Waals surface area contributed by atoms with Gasteiger partial charge in [0, 0.05) is 32.6 Å². The van der Waals surface area contributed by atoms with Gasteiger partial charge in [-0.2, -0.15) is 0 Å². The maximum Gasteiger partial charge on any atom is 0.222 e. The summed E-state index contributed by atoms with van der Waals surface area (Å²) < 4.78 is 11.8. The van der Waals surface area contributed by atoms with Crippen LogP contribution < -0.4 is 9.47 Å². The van der Waals surface area contributed by atoms with Gasteiger partial charge in [0.1, 0.15) is 23.0 Å². The average Bonchev–Trinajstić information content (AvgIpc) is 3.07. The highest BCUT2D eigenvalue weighted by molar-refractivity contribution is 6.04. The molecule has 0 bridgehead atoms. The molecule has 2 aliphatic heterocycles. The Morgan fingerprint density at radius 3 is 2.71 bits per heavy atom. The molecular weight excluding hydrogens is 390 g/mol. The van der Waals surface area contributed by atoms with Crippen LogP contribution in [0.2, 0.25) is 0 Å². The first kappa shape index (κ1) is 21.2. The highest BCUT2D eigenvalue weighted by atomic mass is 16.5. The number of ether oxygens (including phenoxy) is 2. The number of benzene rings is 2. The first-order valence-electron chi connectivity index (χ1n) is 11.0. The SMILES string of the molecule is COc1ccc2c(c1)C(N1CCCN(C(=O)CC(C)C)CC1)=Nc1ccc(C)cc1O2. The third-order valence-electron chi connectivity index (χ3n) is 5.72. The summed E-state index contributed by atoms with van der Waals surface area (Å²) in [6.45, 7) is 9.28. The van der Waals surface area contributed by atoms with Crippen molar-refractivity contribution in [3.63, 3.8) is 0 Å². The summed E-state index contributed by atoms with van der Waals surface area (Å²) in [6.07, 6.45) is 1.51. The molecule has 1 amide bonds. The first-order chi connectivity index (χ1) is 14.9. The predicted octanol–water partition coefficient (Wildman–Crippen LogP) is 4.77. The van der Waals surface area contributed by atoms with Crippen LogP contribution in [0.3, 0.4) is 0 Å². The molecule has 164 valence electrons. The van der Waals surface area contributed by atoms with Crippen LogP contribution in [-0.2, 0) is 4.79 Å². The number of aryl methyl sites for hydroxylation is 1. The zero-order valence-corrected chi connectivity index (χ0v) is 18.9. The molecule has 1 saturated heterocycles. The van der Waals surface area contributed by atoms with Crippen LogP contribution in [0.15, 0.2) is 41.4 Å². The maximum absolute atomic E-state index is 12.6. The highest BCUT2D eigenvalue weighted by Gasteiger charge is 2.26. The lowest BCUT2D eigenvalue weighted by Gasteiger charge is -2.25. The summed E-state index contributed by atoms with van der Waals surface area (Å²) >= 11 is 0. The second kappa shape index (κ2) is 9.00. The number of nitrogens with zero attached hydrogens (tertiary/aromatic N) is 3. The van der Waals surface area contributed by atoms with E-state index in [9.17, 15) is 4.79 Å². The fraction of sp³-hybridized carbons (Fsp3) is 0.440. The van der Waals surface area contributed by atoms with Gasteiger partial charge < -0.3 is 19.3 Å². The fourth-order valence-electron chi connectivity index (χ4n) is 4.09. The quantitative estimate of drug-likeness (QED) is 0.717. The lowest BCUT2D eigenvalue weighted by Crippen LogP contribution is -2.38. The molecule has 1 fully saturated rings. The minimum Gasteiger partial charge on any atom is -0.497 e. The standard InChI is InChI=1S/C25H31N3O3/c1-17(2)14-24(29)27-10-5-11-28(13-12-27)25-20-16-19(30-4)7-9-22(20)31-23-15-18(3)6-8-21(23)26-25/h6-9,15-17H,5,10-14H2,1-4H3. The molecule has 6 heteroatoms. The van der Waals surface area contributed by atoms with Crippen LogP contribution >= 0.6 is 0 Å². The number of amidine groups is 1. The molecule has 0 spiro atoms. The number of methoxy groups -OCH3 is 1. The van der Waals surface area contributed by atoms with Crippen LogP contribution in [0.4, 0.5) is 5.69 Å². The Bertz CT molecular complexity index is 1000. The third-order valence-corrected chi connectivity index (χ3v) is 5.72. The van der Waals surface area contributed by atoms with Crippen molar-refractivity contribution in [3.05, 3.63) is 47.5 Å². The number of rotatable bonds is 3. The predicted molar refractivity (Wildman–Crippen MR) is 123 cm³/mol. The van der Waals surface area contributed by atoms with E-state index in [1.165, 1.54) is 0 Å². The average molecular weight is 422 g/mol. The van der Waals surface area contributed by atoms with Crippen LogP contribution in [0.1, 0.15) is 37.8 Å². The van der Waals surface area contributed by atoms with Gasteiger partial charge in [0.15, 0.2) is 5.75 Å². The number of amides is 1. The number of hydrogen-bond acceptors (Lipinski definition) is 5. The summed E-state index contributed by atoms with van der Waals surface area (Å²) in [6, 6.07) is 11.9. The van der Waals surface area contributed by atoms with Crippen molar-refractivity contribution < 1.29 is 14.3 Å². The second-order valence-electron chi connectivity index (χ2n) is 8.69. The number of carbonyl (C=O) groups is 1. The van der Waals surface area contributed by atoms with Gasteiger partial charge >= 0.3 is 0 Å². The van der Waals surface area contributed by atoms with Gasteiger partial charge in [-0.1, -0.05) is 19.9 Å². The summed E-state index contributed by atoms with van der Waals surface area (Å²) in [5, 5.41) is 0. The Morgan fingerprint density at radius 2 is 1.94 bits per heavy atom. The molecule has 0 aliphatic carbocycles. The number of fused-ring (bicyclic) bond motifs is 2. The molecule has 6 nitrogen and oxygen atoms in total. The normalized spacial score (nSPS) is 16.0. The Hall–Kier alpha value is -3.02. The van der Waals surface area contributed by atoms with Crippen LogP contribution in [0.5, 0.6) is 17.2 Å². The van der Waals surface area contributed by atoms with Crippen molar-refractivity contribution in [1.82, 2.24) is 9.80 Å². The van der Waals surface area contributed by atoms with Gasteiger partial charge in [-0.25, -0.2) is 4.99 Å². The first-order valence-corrected chi connectivity index (χ1v) is 11.0. The van der Waals surface area contributed by atoms with E-state index in [1.54, 1.807) is 7.11 Å². The Kier molecular flexibility index (Phi) is 6.16. The van der Waals surface area contributed by atoms with E-state index in [0.717, 1.165) is 66.0 Å². The molecule has 0 atom stereocenters. The van der Waals surface area contributed by atoms with Gasteiger partial charge in [-0.05, 0) is 55.2 Å². The molecule has 2 aliphatic rings. The van der Waals surface area contributed by atoms with Crippen LogP contribution in [-0.4, -0.2) is 54.8 Å². The minimum absolute atomic E-state index is 0.242. The monoisotopic (exact) mass is 421 g/mol. The van der Waals surface area contributed by atoms with E-state index in [0.29, 0.717) is 18.9 Å². The Balaban J connectivity index is 1.68. The molecule has 0 saturated carbocycles. The molecule has 2 aromatic rings. The van der Waals surface area contributed by atoms with E-state index in [4.69, 9.17) is 14.5 Å². The topological polar surface area (TPSA) is 54.4 Å². The molecule has 2 aromatic carbocycles. The largest absolute Gasteiger partial charge is 0.497 e. The van der Waals surface area contributed by atoms with Crippen molar-refractivity contribution in [2.24, 2.45) is 10.9 Å². The second-order valence-corrected chi connectivity index (χ2v) is 8.69. The van der Waals surface area contributed by atoms with Gasteiger partial charge in [0.05, 0.1) is 12.7 Å². The zero-order valence-electron chi connectivity index (χ0n) is 18.9. The van der Waals surface area contributed by atoms with E-state index < -0.39 is 0 Å². The van der Waals surface area contributed by atoms with Crippen molar-refractivity contribution in [1.29, 1.82) is 0 Å². The molecule has 4 rings (SSSR count). The molecule has 0 unspecified atom stereocenters. The molecule has 31 heavy (non-hydrogen) atoms. The Labute approximate surface area is 184 Å². The molecule has 0 radical (unpaired) electrons. The third kappa shape index (κ3) is 4.68. The van der Waals surface area contributed by atoms with E-state index >= 15 is 0 Å². The van der Waals surface area contributed by atoms with Gasteiger partial charge in [0.2, 0.25) is 5.91 Å². The maximum atomic E-state index is 12.6. The lowest BCUT2D eigenvalue weighted by atomic mass is 10.1. The summed E-state index contributed by atoms with van der Waals surface area (Å²) in [7, 11) is 1.67. The molecule has 0 N–H and O–H groups in total. The van der Waals surface area contributed by atoms with Crippen molar-refractivity contribution in [3.8, 4) is 17.2 Å². The van der Waals surface area contributed by atoms with Crippen molar-refractivity contribution in [2.45, 2.75) is 33.6 Å². The smallest absolute Gasteiger partial charge is 0.222 e. The molecular formula is C25H31N3O3. The highest BCUT2D eigenvalue weighted by Crippen LogP contribution is 2.40. The lowest BCUT2D eigenvalue weighted by molar-refractivity contribution is -0.131. The fourth-order valence-corrected chi connectivity index (χ4v) is 4.09. The minimum atomic E-state index is 0.242. The summed E-state index contributed by atoms with van der Waals surface area (Å²) in [4.78, 5) is 21.9. The number of aliphatic imine (C=N–C) groups is 1. The number of carbonyl (C=O) groups excluding carboxylic acids is 1. The van der Waals surface area contributed by atoms with E-state index in [2.05, 4.69) is 24.8 Å². The van der Waals surface area contributed by atoms with Crippen molar-refractivity contribution >= 4 is 17.4 Å². The van der Waals surface area contributed by atoms with Crippen molar-refractivity contribution in [2.75, 3.05) is 33.3 Å². The van der Waals surface area contributed by atoms with Crippen LogP contribution in [0, 0.1) is 12.8 Å². The summed E-state index contributed by atoms with van der Waals surface area (Å²) in [5.41, 5.74) is 2.85. The van der Waals surface area contributed by atoms with Gasteiger partial charge in [-0.15, -0.1) is 0 Å². The number of hydrogen-bond donors (Lipinski definition) is 0. The van der Waals surface area contributed by atoms with E-state index in [1.807, 2.05) is 42.2 Å². The van der Waals surface area contributed by atoms with Crippen LogP contribution in [0.25, 0.3) is 0 Å². The van der Waals surface area contributed by atoms with Gasteiger partial charge in [0.25, 0.3) is 0 Å².